The maximum atomic E-state index is 6.17. The minimum Gasteiger partial charge on any atom is -0.489 e. The van der Waals surface area contributed by atoms with Gasteiger partial charge < -0.3 is 15.0 Å². The summed E-state index contributed by atoms with van der Waals surface area (Å²) in [6, 6.07) is 16.8. The number of nitrogens with one attached hydrogen (secondary N) is 1. The van der Waals surface area contributed by atoms with E-state index >= 15 is 0 Å². The van der Waals surface area contributed by atoms with Crippen molar-refractivity contribution >= 4 is 11.4 Å². The van der Waals surface area contributed by atoms with Gasteiger partial charge >= 0.3 is 0 Å². The maximum Gasteiger partial charge on any atom is 0.121 e. The largest absolute Gasteiger partial charge is 0.489 e. The van der Waals surface area contributed by atoms with Crippen LogP contribution in [-0.4, -0.2) is 26.7 Å². The lowest BCUT2D eigenvalue weighted by Crippen LogP contribution is -2.25. The van der Waals surface area contributed by atoms with Crippen LogP contribution in [0.4, 0.5) is 11.4 Å². The molecule has 21 heavy (non-hydrogen) atoms. The van der Waals surface area contributed by atoms with Crippen LogP contribution < -0.4 is 15.0 Å². The molecule has 0 saturated heterocycles. The fourth-order valence-corrected chi connectivity index (χ4v) is 2.68. The molecule has 2 aromatic rings. The summed E-state index contributed by atoms with van der Waals surface area (Å²) in [7, 11) is 4.09. The lowest BCUT2D eigenvalue weighted by Gasteiger charge is -2.19. The van der Waals surface area contributed by atoms with E-state index in [2.05, 4.69) is 46.6 Å². The zero-order valence-corrected chi connectivity index (χ0v) is 12.7. The predicted octanol–water partition coefficient (Wildman–Crippen LogP) is 3.56. The van der Waals surface area contributed by atoms with Crippen LogP contribution in [0, 0.1) is 0 Å². The molecule has 0 amide bonds. The second-order valence-electron chi connectivity index (χ2n) is 5.71. The van der Waals surface area contributed by atoms with E-state index in [9.17, 15) is 0 Å². The summed E-state index contributed by atoms with van der Waals surface area (Å²) < 4.78 is 6.17. The molecular weight excluding hydrogens is 260 g/mol. The van der Waals surface area contributed by atoms with Gasteiger partial charge in [0.25, 0.3) is 0 Å². The van der Waals surface area contributed by atoms with E-state index in [1.807, 2.05) is 26.2 Å². The summed E-state index contributed by atoms with van der Waals surface area (Å²) >= 11 is 0. The molecule has 3 nitrogen and oxygen atoms in total. The molecule has 0 spiro atoms. The Balaban J connectivity index is 1.68. The normalized spacial score (nSPS) is 17.3. The first-order chi connectivity index (χ1) is 10.2. The molecule has 1 aliphatic heterocycles. The highest BCUT2D eigenvalue weighted by molar-refractivity contribution is 5.52. The fourth-order valence-electron chi connectivity index (χ4n) is 2.68. The minimum atomic E-state index is 0.204. The lowest BCUT2D eigenvalue weighted by molar-refractivity contribution is 0.206. The van der Waals surface area contributed by atoms with Gasteiger partial charge in [-0.1, -0.05) is 24.3 Å². The van der Waals surface area contributed by atoms with Gasteiger partial charge in [-0.15, -0.1) is 0 Å². The van der Waals surface area contributed by atoms with Crippen molar-refractivity contribution in [3.63, 3.8) is 0 Å². The smallest absolute Gasteiger partial charge is 0.121 e. The minimum absolute atomic E-state index is 0.204. The number of hydrogen-bond acceptors (Lipinski definition) is 3. The molecule has 0 saturated carbocycles. The molecule has 2 aromatic carbocycles. The van der Waals surface area contributed by atoms with E-state index in [1.54, 1.807) is 0 Å². The van der Waals surface area contributed by atoms with Crippen LogP contribution in [0.2, 0.25) is 0 Å². The standard InChI is InChI=1S/C18H22N2O/c1-20(2)15-7-5-8-16(12-15)21-17-11-10-14-6-3-4-9-18(14)19-13-17/h3-9,12,17,19H,10-11,13H2,1-2H3. The quantitative estimate of drug-likeness (QED) is 0.931. The Kier molecular flexibility index (Phi) is 4.00. The zero-order valence-electron chi connectivity index (χ0n) is 12.7. The van der Waals surface area contributed by atoms with Crippen molar-refractivity contribution in [2.45, 2.75) is 18.9 Å². The van der Waals surface area contributed by atoms with Crippen molar-refractivity contribution in [3.05, 3.63) is 54.1 Å². The summed E-state index contributed by atoms with van der Waals surface area (Å²) in [4.78, 5) is 2.09. The van der Waals surface area contributed by atoms with Gasteiger partial charge in [0, 0.05) is 31.5 Å². The molecule has 0 fully saturated rings. The molecule has 0 aliphatic carbocycles. The number of nitrogens with zero attached hydrogens (tertiary/aromatic N) is 1. The average molecular weight is 282 g/mol. The summed E-state index contributed by atoms with van der Waals surface area (Å²) in [6.07, 6.45) is 2.30. The second kappa shape index (κ2) is 6.08. The Morgan fingerprint density at radius 1 is 1.10 bits per heavy atom. The molecule has 3 rings (SSSR count). The molecule has 0 aromatic heterocycles. The Labute approximate surface area is 126 Å². The first-order valence-corrected chi connectivity index (χ1v) is 7.48. The third-order valence-electron chi connectivity index (χ3n) is 3.91. The van der Waals surface area contributed by atoms with Gasteiger partial charge in [0.1, 0.15) is 11.9 Å². The number of fused-ring (bicyclic) bond motifs is 1. The van der Waals surface area contributed by atoms with E-state index in [0.29, 0.717) is 0 Å². The Hall–Kier alpha value is -2.16. The summed E-state index contributed by atoms with van der Waals surface area (Å²) in [5.41, 5.74) is 3.79. The molecule has 1 heterocycles. The van der Waals surface area contributed by atoms with Gasteiger partial charge in [0.15, 0.2) is 0 Å². The van der Waals surface area contributed by atoms with Crippen LogP contribution in [0.3, 0.4) is 0 Å². The SMILES string of the molecule is CN(C)c1cccc(OC2CCc3ccccc3NC2)c1. The topological polar surface area (TPSA) is 24.5 Å². The van der Waals surface area contributed by atoms with Gasteiger partial charge in [-0.25, -0.2) is 0 Å². The van der Waals surface area contributed by atoms with Crippen LogP contribution in [0.1, 0.15) is 12.0 Å². The second-order valence-corrected chi connectivity index (χ2v) is 5.71. The van der Waals surface area contributed by atoms with E-state index < -0.39 is 0 Å². The number of benzene rings is 2. The number of rotatable bonds is 3. The highest BCUT2D eigenvalue weighted by atomic mass is 16.5. The fraction of sp³-hybridized carbons (Fsp3) is 0.333. The number of para-hydroxylation sites is 1. The van der Waals surface area contributed by atoms with Crippen LogP contribution in [0.25, 0.3) is 0 Å². The summed E-state index contributed by atoms with van der Waals surface area (Å²) in [6.45, 7) is 0.850. The van der Waals surface area contributed by atoms with Gasteiger partial charge in [-0.05, 0) is 36.6 Å². The molecule has 1 aliphatic rings. The van der Waals surface area contributed by atoms with Crippen molar-refractivity contribution in [3.8, 4) is 5.75 Å². The first-order valence-electron chi connectivity index (χ1n) is 7.48. The van der Waals surface area contributed by atoms with Crippen molar-refractivity contribution in [1.82, 2.24) is 0 Å². The van der Waals surface area contributed by atoms with Gasteiger partial charge in [-0.2, -0.15) is 0 Å². The Morgan fingerprint density at radius 2 is 1.95 bits per heavy atom. The van der Waals surface area contributed by atoms with E-state index in [0.717, 1.165) is 30.8 Å². The highest BCUT2D eigenvalue weighted by Crippen LogP contribution is 2.25. The van der Waals surface area contributed by atoms with Crippen LogP contribution >= 0.6 is 0 Å². The monoisotopic (exact) mass is 282 g/mol. The molecule has 1 N–H and O–H groups in total. The number of ether oxygens (including phenoxy) is 1. The maximum absolute atomic E-state index is 6.17. The van der Waals surface area contributed by atoms with Crippen LogP contribution in [0.15, 0.2) is 48.5 Å². The average Bonchev–Trinajstić information content (AvgIpc) is 2.70. The number of hydrogen-bond donors (Lipinski definition) is 1. The van der Waals surface area contributed by atoms with Gasteiger partial charge in [-0.3, -0.25) is 0 Å². The first kappa shape index (κ1) is 13.8. The van der Waals surface area contributed by atoms with Crippen molar-refractivity contribution < 1.29 is 4.74 Å². The molecule has 0 bridgehead atoms. The summed E-state index contributed by atoms with van der Waals surface area (Å²) in [5, 5.41) is 3.50. The van der Waals surface area contributed by atoms with Crippen molar-refractivity contribution in [1.29, 1.82) is 0 Å². The predicted molar refractivity (Wildman–Crippen MR) is 88.4 cm³/mol. The van der Waals surface area contributed by atoms with Crippen molar-refractivity contribution in [2.75, 3.05) is 30.9 Å². The molecular formula is C18H22N2O. The van der Waals surface area contributed by atoms with Crippen LogP contribution in [0.5, 0.6) is 5.75 Å². The van der Waals surface area contributed by atoms with Crippen LogP contribution in [-0.2, 0) is 6.42 Å². The van der Waals surface area contributed by atoms with Gasteiger partial charge in [0.2, 0.25) is 0 Å². The number of aryl methyl sites for hydroxylation is 1. The Morgan fingerprint density at radius 3 is 2.81 bits per heavy atom. The molecule has 3 heteroatoms. The van der Waals surface area contributed by atoms with E-state index in [1.165, 1.54) is 11.3 Å². The van der Waals surface area contributed by atoms with E-state index in [4.69, 9.17) is 4.74 Å². The third-order valence-corrected chi connectivity index (χ3v) is 3.91. The lowest BCUT2D eigenvalue weighted by atomic mass is 10.1. The highest BCUT2D eigenvalue weighted by Gasteiger charge is 2.16. The van der Waals surface area contributed by atoms with E-state index in [-0.39, 0.29) is 6.10 Å². The van der Waals surface area contributed by atoms with Gasteiger partial charge in [0.05, 0.1) is 6.54 Å². The molecule has 0 radical (unpaired) electrons. The summed E-state index contributed by atoms with van der Waals surface area (Å²) in [5.74, 6) is 0.943. The molecule has 1 unspecified atom stereocenters. The zero-order chi connectivity index (χ0) is 14.7. The third kappa shape index (κ3) is 3.30. The molecule has 110 valence electrons. The Bertz CT molecular complexity index is 583. The number of anilines is 2. The molecule has 1 atom stereocenters. The van der Waals surface area contributed by atoms with Crippen molar-refractivity contribution in [2.24, 2.45) is 0 Å².